The molecule has 2 aliphatic carbocycles. The van der Waals surface area contributed by atoms with Gasteiger partial charge in [0.15, 0.2) is 0 Å². The van der Waals surface area contributed by atoms with E-state index in [0.29, 0.717) is 6.04 Å². The van der Waals surface area contributed by atoms with Gasteiger partial charge in [0, 0.05) is 12.7 Å². The first-order valence-electron chi connectivity index (χ1n) is 8.66. The predicted octanol–water partition coefficient (Wildman–Crippen LogP) is 4.06. The van der Waals surface area contributed by atoms with E-state index in [1.54, 1.807) is 0 Å². The Kier molecular flexibility index (Phi) is 5.12. The molecule has 1 N–H and O–H groups in total. The van der Waals surface area contributed by atoms with Gasteiger partial charge in [-0.15, -0.1) is 0 Å². The fraction of sp³-hybridized carbons (Fsp3) is 0.824. The summed E-state index contributed by atoms with van der Waals surface area (Å²) in [5, 5.41) is 8.31. The van der Waals surface area contributed by atoms with Crippen molar-refractivity contribution in [1.29, 1.82) is 0 Å². The highest BCUT2D eigenvalue weighted by Gasteiger charge is 2.17. The van der Waals surface area contributed by atoms with Gasteiger partial charge in [-0.1, -0.05) is 44.9 Å². The van der Waals surface area contributed by atoms with E-state index in [-0.39, 0.29) is 0 Å². The molecular formula is C17H29N3. The number of nitrogens with one attached hydrogen (secondary N) is 1. The zero-order valence-corrected chi connectivity index (χ0v) is 12.7. The lowest BCUT2D eigenvalue weighted by Crippen LogP contribution is -2.19. The molecule has 2 saturated carbocycles. The van der Waals surface area contributed by atoms with Crippen LogP contribution in [0.1, 0.15) is 75.9 Å². The van der Waals surface area contributed by atoms with Gasteiger partial charge in [0.25, 0.3) is 0 Å². The van der Waals surface area contributed by atoms with Gasteiger partial charge in [-0.2, -0.15) is 5.10 Å². The molecule has 0 aliphatic heterocycles. The summed E-state index contributed by atoms with van der Waals surface area (Å²) in [4.78, 5) is 0. The van der Waals surface area contributed by atoms with Crippen LogP contribution in [-0.4, -0.2) is 16.3 Å². The van der Waals surface area contributed by atoms with Crippen LogP contribution in [-0.2, 0) is 6.54 Å². The van der Waals surface area contributed by atoms with Crippen LogP contribution in [0.15, 0.2) is 12.3 Å². The van der Waals surface area contributed by atoms with Crippen LogP contribution in [0, 0.1) is 5.92 Å². The van der Waals surface area contributed by atoms with E-state index in [1.165, 1.54) is 69.9 Å². The molecule has 0 amide bonds. The molecule has 112 valence electrons. The van der Waals surface area contributed by atoms with Gasteiger partial charge >= 0.3 is 0 Å². The SMILES string of the molecule is c1cn(C2CCCC2)nc1CNCCC1CCCCC1. The molecule has 0 radical (unpaired) electrons. The van der Waals surface area contributed by atoms with E-state index in [1.807, 2.05) is 0 Å². The van der Waals surface area contributed by atoms with Gasteiger partial charge in [0.05, 0.1) is 11.7 Å². The second-order valence-electron chi connectivity index (χ2n) is 6.69. The summed E-state index contributed by atoms with van der Waals surface area (Å²) >= 11 is 0. The summed E-state index contributed by atoms with van der Waals surface area (Å²) in [5.74, 6) is 0.979. The van der Waals surface area contributed by atoms with E-state index < -0.39 is 0 Å². The lowest BCUT2D eigenvalue weighted by atomic mass is 9.87. The summed E-state index contributed by atoms with van der Waals surface area (Å²) in [6, 6.07) is 2.86. The van der Waals surface area contributed by atoms with Crippen molar-refractivity contribution in [3.8, 4) is 0 Å². The maximum Gasteiger partial charge on any atom is 0.0762 e. The Balaban J connectivity index is 1.35. The van der Waals surface area contributed by atoms with Gasteiger partial charge in [-0.25, -0.2) is 0 Å². The van der Waals surface area contributed by atoms with Crippen molar-refractivity contribution in [3.05, 3.63) is 18.0 Å². The molecule has 2 fully saturated rings. The molecule has 0 atom stereocenters. The molecule has 2 aliphatic rings. The van der Waals surface area contributed by atoms with E-state index >= 15 is 0 Å². The van der Waals surface area contributed by atoms with Gasteiger partial charge < -0.3 is 5.32 Å². The molecule has 0 unspecified atom stereocenters. The van der Waals surface area contributed by atoms with Crippen molar-refractivity contribution in [2.24, 2.45) is 5.92 Å². The Morgan fingerprint density at radius 2 is 1.80 bits per heavy atom. The lowest BCUT2D eigenvalue weighted by molar-refractivity contribution is 0.333. The number of nitrogens with zero attached hydrogens (tertiary/aromatic N) is 2. The van der Waals surface area contributed by atoms with Crippen LogP contribution in [0.3, 0.4) is 0 Å². The maximum absolute atomic E-state index is 4.73. The van der Waals surface area contributed by atoms with Crippen molar-refractivity contribution >= 4 is 0 Å². The van der Waals surface area contributed by atoms with Crippen LogP contribution >= 0.6 is 0 Å². The fourth-order valence-corrected chi connectivity index (χ4v) is 3.84. The molecule has 0 spiro atoms. The minimum atomic E-state index is 0.672. The largest absolute Gasteiger partial charge is 0.311 e. The maximum atomic E-state index is 4.73. The summed E-state index contributed by atoms with van der Waals surface area (Å²) in [5.41, 5.74) is 1.21. The van der Waals surface area contributed by atoms with E-state index in [9.17, 15) is 0 Å². The Bertz CT molecular complexity index is 387. The van der Waals surface area contributed by atoms with Crippen LogP contribution in [0.2, 0.25) is 0 Å². The molecule has 0 bridgehead atoms. The molecule has 1 aromatic heterocycles. The standard InChI is InChI=1S/C17H29N3/c1-2-6-15(7-3-1)10-12-18-14-16-11-13-20(19-16)17-8-4-5-9-17/h11,13,15,17-18H,1-10,12,14H2. The Hall–Kier alpha value is -0.830. The monoisotopic (exact) mass is 275 g/mol. The molecule has 3 rings (SSSR count). The average molecular weight is 275 g/mol. The van der Waals surface area contributed by atoms with E-state index in [0.717, 1.165) is 19.0 Å². The molecule has 1 aromatic rings. The molecule has 1 heterocycles. The third kappa shape index (κ3) is 3.85. The molecule has 0 aromatic carbocycles. The van der Waals surface area contributed by atoms with Crippen LogP contribution in [0.4, 0.5) is 0 Å². The summed E-state index contributed by atoms with van der Waals surface area (Å²) in [7, 11) is 0. The lowest BCUT2D eigenvalue weighted by Gasteiger charge is -2.21. The molecule has 0 saturated heterocycles. The van der Waals surface area contributed by atoms with Crippen molar-refractivity contribution in [1.82, 2.24) is 15.1 Å². The summed E-state index contributed by atoms with van der Waals surface area (Å²) in [6.45, 7) is 2.09. The normalized spacial score (nSPS) is 21.6. The summed E-state index contributed by atoms with van der Waals surface area (Å²) in [6.07, 6.45) is 16.2. The number of rotatable bonds is 6. The van der Waals surface area contributed by atoms with Crippen molar-refractivity contribution in [2.75, 3.05) is 6.54 Å². The van der Waals surface area contributed by atoms with Crippen LogP contribution < -0.4 is 5.32 Å². The highest BCUT2D eigenvalue weighted by molar-refractivity contribution is 4.99. The average Bonchev–Trinajstić information content (AvgIpc) is 3.15. The Morgan fingerprint density at radius 1 is 1.05 bits per heavy atom. The third-order valence-corrected chi connectivity index (χ3v) is 5.12. The molecule has 3 nitrogen and oxygen atoms in total. The fourth-order valence-electron chi connectivity index (χ4n) is 3.84. The second-order valence-corrected chi connectivity index (χ2v) is 6.69. The zero-order valence-electron chi connectivity index (χ0n) is 12.7. The zero-order chi connectivity index (χ0) is 13.6. The first-order valence-corrected chi connectivity index (χ1v) is 8.66. The quantitative estimate of drug-likeness (QED) is 0.793. The molecular weight excluding hydrogens is 246 g/mol. The molecule has 3 heteroatoms. The Labute approximate surface area is 123 Å². The summed E-state index contributed by atoms with van der Waals surface area (Å²) < 4.78 is 2.20. The van der Waals surface area contributed by atoms with Crippen molar-refractivity contribution in [3.63, 3.8) is 0 Å². The third-order valence-electron chi connectivity index (χ3n) is 5.12. The number of aromatic nitrogens is 2. The van der Waals surface area contributed by atoms with Gasteiger partial charge in [0.2, 0.25) is 0 Å². The first kappa shape index (κ1) is 14.1. The predicted molar refractivity (Wildman–Crippen MR) is 82.6 cm³/mol. The van der Waals surface area contributed by atoms with Crippen LogP contribution in [0.25, 0.3) is 0 Å². The minimum absolute atomic E-state index is 0.672. The smallest absolute Gasteiger partial charge is 0.0762 e. The van der Waals surface area contributed by atoms with Crippen molar-refractivity contribution in [2.45, 2.75) is 76.8 Å². The highest BCUT2D eigenvalue weighted by atomic mass is 15.3. The highest BCUT2D eigenvalue weighted by Crippen LogP contribution is 2.28. The first-order chi connectivity index (χ1) is 9.92. The van der Waals surface area contributed by atoms with Gasteiger partial charge in [-0.3, -0.25) is 4.68 Å². The van der Waals surface area contributed by atoms with Gasteiger partial charge in [-0.05, 0) is 37.8 Å². The van der Waals surface area contributed by atoms with Crippen LogP contribution in [0.5, 0.6) is 0 Å². The topological polar surface area (TPSA) is 29.9 Å². The minimum Gasteiger partial charge on any atom is -0.311 e. The molecule has 20 heavy (non-hydrogen) atoms. The van der Waals surface area contributed by atoms with Crippen molar-refractivity contribution < 1.29 is 0 Å². The Morgan fingerprint density at radius 3 is 2.60 bits per heavy atom. The number of hydrogen-bond donors (Lipinski definition) is 1. The van der Waals surface area contributed by atoms with E-state index in [2.05, 4.69) is 22.3 Å². The number of hydrogen-bond acceptors (Lipinski definition) is 2. The second kappa shape index (κ2) is 7.26. The van der Waals surface area contributed by atoms with Gasteiger partial charge in [0.1, 0.15) is 0 Å². The van der Waals surface area contributed by atoms with E-state index in [4.69, 9.17) is 5.10 Å².